The number of ether oxygens (including phenoxy) is 3. The van der Waals surface area contributed by atoms with Gasteiger partial charge in [0.05, 0.1) is 30.3 Å². The van der Waals surface area contributed by atoms with Crippen LogP contribution in [0.2, 0.25) is 0 Å². The summed E-state index contributed by atoms with van der Waals surface area (Å²) in [5.41, 5.74) is 3.92. The lowest BCUT2D eigenvalue weighted by molar-refractivity contribution is -0.142. The number of carbonyl (C=O) groups excluding carboxylic acids is 1. The molecule has 7 nitrogen and oxygen atoms in total. The molecule has 0 atom stereocenters. The topological polar surface area (TPSA) is 97.2 Å². The van der Waals surface area contributed by atoms with Gasteiger partial charge < -0.3 is 19.2 Å². The molecule has 1 aromatic heterocycles. The van der Waals surface area contributed by atoms with E-state index in [9.17, 15) is 10.1 Å². The Morgan fingerprint density at radius 1 is 1.21 bits per heavy atom. The first-order chi connectivity index (χ1) is 14.0. The van der Waals surface area contributed by atoms with E-state index in [1.165, 1.54) is 7.11 Å². The summed E-state index contributed by atoms with van der Waals surface area (Å²) in [6.07, 6.45) is 1.72. The quantitative estimate of drug-likeness (QED) is 0.485. The van der Waals surface area contributed by atoms with Crippen molar-refractivity contribution >= 4 is 28.7 Å². The highest BCUT2D eigenvalue weighted by atomic mass is 16.6. The van der Waals surface area contributed by atoms with Crippen LogP contribution in [0.5, 0.6) is 11.5 Å². The molecule has 148 valence electrons. The fourth-order valence-electron chi connectivity index (χ4n) is 2.77. The number of aromatic nitrogens is 2. The molecule has 0 saturated carbocycles. The predicted molar refractivity (Wildman–Crippen MR) is 109 cm³/mol. The van der Waals surface area contributed by atoms with Crippen molar-refractivity contribution in [2.24, 2.45) is 0 Å². The number of fused-ring (bicyclic) bond motifs is 1. The molecule has 7 heteroatoms. The summed E-state index contributed by atoms with van der Waals surface area (Å²) in [5.74, 6) is 0.912. The number of nitriles is 1. The Morgan fingerprint density at radius 3 is 2.76 bits per heavy atom. The maximum absolute atomic E-state index is 11.3. The van der Waals surface area contributed by atoms with Crippen molar-refractivity contribution < 1.29 is 19.0 Å². The van der Waals surface area contributed by atoms with Gasteiger partial charge in [0.25, 0.3) is 0 Å². The summed E-state index contributed by atoms with van der Waals surface area (Å²) in [7, 11) is 1.30. The van der Waals surface area contributed by atoms with Gasteiger partial charge in [0, 0.05) is 0 Å². The van der Waals surface area contributed by atoms with Crippen molar-refractivity contribution in [3.63, 3.8) is 0 Å². The first-order valence-corrected chi connectivity index (χ1v) is 9.09. The third-order valence-corrected chi connectivity index (χ3v) is 4.16. The Labute approximate surface area is 168 Å². The van der Waals surface area contributed by atoms with Gasteiger partial charge in [0.1, 0.15) is 11.9 Å². The second-order valence-corrected chi connectivity index (χ2v) is 6.28. The molecule has 0 radical (unpaired) electrons. The molecule has 0 saturated heterocycles. The van der Waals surface area contributed by atoms with Crippen LogP contribution in [-0.2, 0) is 9.53 Å². The number of rotatable bonds is 7. The van der Waals surface area contributed by atoms with Crippen molar-refractivity contribution in [1.82, 2.24) is 9.97 Å². The van der Waals surface area contributed by atoms with Crippen molar-refractivity contribution in [2.45, 2.75) is 13.8 Å². The van der Waals surface area contributed by atoms with Crippen LogP contribution in [0.25, 0.3) is 22.7 Å². The highest BCUT2D eigenvalue weighted by Gasteiger charge is 2.11. The molecule has 1 heterocycles. The highest BCUT2D eigenvalue weighted by Crippen LogP contribution is 2.30. The maximum Gasteiger partial charge on any atom is 0.343 e. The Bertz CT molecular complexity index is 1110. The van der Waals surface area contributed by atoms with E-state index in [0.717, 1.165) is 22.2 Å². The van der Waals surface area contributed by atoms with Crippen molar-refractivity contribution in [3.05, 3.63) is 53.3 Å². The number of nitrogens with zero attached hydrogens (tertiary/aromatic N) is 2. The van der Waals surface area contributed by atoms with E-state index in [1.807, 2.05) is 32.0 Å². The van der Waals surface area contributed by atoms with Crippen LogP contribution in [0.1, 0.15) is 23.9 Å². The fraction of sp³-hybridized carbons (Fsp3) is 0.227. The smallest absolute Gasteiger partial charge is 0.343 e. The first-order valence-electron chi connectivity index (χ1n) is 9.09. The van der Waals surface area contributed by atoms with Crippen LogP contribution >= 0.6 is 0 Å². The SMILES string of the molecule is CCOc1cc(/C=C(/C#N)c2nc3ccc(C)cc3[nH]2)ccc1OCC(=O)OC. The number of esters is 1. The molecule has 2 aromatic carbocycles. The second-order valence-electron chi connectivity index (χ2n) is 6.28. The molecule has 0 spiro atoms. The Balaban J connectivity index is 1.92. The molecule has 0 aliphatic heterocycles. The molecular formula is C22H21N3O4. The number of aromatic amines is 1. The van der Waals surface area contributed by atoms with E-state index in [-0.39, 0.29) is 6.61 Å². The predicted octanol–water partition coefficient (Wildman–Crippen LogP) is 3.89. The number of hydrogen-bond donors (Lipinski definition) is 1. The number of imidazole rings is 1. The molecule has 0 aliphatic carbocycles. The van der Waals surface area contributed by atoms with Gasteiger partial charge in [-0.2, -0.15) is 5.26 Å². The van der Waals surface area contributed by atoms with E-state index < -0.39 is 5.97 Å². The van der Waals surface area contributed by atoms with Crippen LogP contribution in [0, 0.1) is 18.3 Å². The minimum Gasteiger partial charge on any atom is -0.490 e. The molecule has 0 fully saturated rings. The summed E-state index contributed by atoms with van der Waals surface area (Å²) in [6, 6.07) is 13.3. The van der Waals surface area contributed by atoms with E-state index in [4.69, 9.17) is 9.47 Å². The summed E-state index contributed by atoms with van der Waals surface area (Å²) < 4.78 is 15.7. The van der Waals surface area contributed by atoms with Gasteiger partial charge in [-0.15, -0.1) is 0 Å². The van der Waals surface area contributed by atoms with E-state index >= 15 is 0 Å². The van der Waals surface area contributed by atoms with Crippen LogP contribution in [0.4, 0.5) is 0 Å². The van der Waals surface area contributed by atoms with E-state index in [1.54, 1.807) is 24.3 Å². The molecule has 0 unspecified atom stereocenters. The third-order valence-electron chi connectivity index (χ3n) is 4.16. The number of nitrogens with one attached hydrogen (secondary N) is 1. The standard InChI is InChI=1S/C22H21N3O4/c1-4-28-20-11-15(6-8-19(20)29-13-21(26)27-3)10-16(12-23)22-24-17-7-5-14(2)9-18(17)25-22/h5-11H,4,13H2,1-3H3,(H,24,25)/b16-10-. The van der Waals surface area contributed by atoms with Crippen LogP contribution in [0.3, 0.4) is 0 Å². The third kappa shape index (κ3) is 4.74. The number of allylic oxidation sites excluding steroid dienone is 1. The average Bonchev–Trinajstić information content (AvgIpc) is 3.14. The lowest BCUT2D eigenvalue weighted by atomic mass is 10.1. The van der Waals surface area contributed by atoms with Gasteiger partial charge in [-0.1, -0.05) is 12.1 Å². The normalized spacial score (nSPS) is 11.2. The first kappa shape index (κ1) is 20.0. The average molecular weight is 391 g/mol. The van der Waals surface area contributed by atoms with Gasteiger partial charge >= 0.3 is 5.97 Å². The number of benzene rings is 2. The van der Waals surface area contributed by atoms with Gasteiger partial charge in [-0.05, 0) is 55.3 Å². The molecule has 3 aromatic rings. The van der Waals surface area contributed by atoms with Crippen molar-refractivity contribution in [3.8, 4) is 17.6 Å². The molecular weight excluding hydrogens is 370 g/mol. The largest absolute Gasteiger partial charge is 0.490 e. The van der Waals surface area contributed by atoms with Gasteiger partial charge in [0.2, 0.25) is 0 Å². The maximum atomic E-state index is 11.3. The number of H-pyrrole nitrogens is 1. The molecule has 0 amide bonds. The Kier molecular flexibility index (Phi) is 6.15. The number of methoxy groups -OCH3 is 1. The van der Waals surface area contributed by atoms with Crippen LogP contribution in [-0.4, -0.2) is 36.3 Å². The lowest BCUT2D eigenvalue weighted by Crippen LogP contribution is -2.13. The van der Waals surface area contributed by atoms with Crippen LogP contribution < -0.4 is 9.47 Å². The Hall–Kier alpha value is -3.79. The van der Waals surface area contributed by atoms with Crippen molar-refractivity contribution in [1.29, 1.82) is 5.26 Å². The highest BCUT2D eigenvalue weighted by molar-refractivity contribution is 5.90. The molecule has 0 bridgehead atoms. The number of hydrogen-bond acceptors (Lipinski definition) is 6. The Morgan fingerprint density at radius 2 is 2.03 bits per heavy atom. The molecule has 29 heavy (non-hydrogen) atoms. The molecule has 3 rings (SSSR count). The second kappa shape index (κ2) is 8.93. The number of aryl methyl sites for hydroxylation is 1. The van der Waals surface area contributed by atoms with Gasteiger partial charge in [-0.25, -0.2) is 9.78 Å². The summed E-state index contributed by atoms with van der Waals surface area (Å²) in [6.45, 7) is 4.06. The zero-order valence-electron chi connectivity index (χ0n) is 16.5. The minimum absolute atomic E-state index is 0.215. The summed E-state index contributed by atoms with van der Waals surface area (Å²) in [4.78, 5) is 19.0. The summed E-state index contributed by atoms with van der Waals surface area (Å²) >= 11 is 0. The van der Waals surface area contributed by atoms with E-state index in [2.05, 4.69) is 20.8 Å². The number of carbonyl (C=O) groups is 1. The fourth-order valence-corrected chi connectivity index (χ4v) is 2.77. The summed E-state index contributed by atoms with van der Waals surface area (Å²) in [5, 5.41) is 9.63. The minimum atomic E-state index is -0.483. The van der Waals surface area contributed by atoms with Crippen LogP contribution in [0.15, 0.2) is 36.4 Å². The monoisotopic (exact) mass is 391 g/mol. The zero-order valence-corrected chi connectivity index (χ0v) is 16.5. The molecule has 0 aliphatic rings. The lowest BCUT2D eigenvalue weighted by Gasteiger charge is -2.12. The van der Waals surface area contributed by atoms with Gasteiger partial charge in [-0.3, -0.25) is 0 Å². The van der Waals surface area contributed by atoms with Gasteiger partial charge in [0.15, 0.2) is 18.1 Å². The van der Waals surface area contributed by atoms with Crippen molar-refractivity contribution in [2.75, 3.05) is 20.3 Å². The molecule has 1 N–H and O–H groups in total. The zero-order chi connectivity index (χ0) is 20.8. The van der Waals surface area contributed by atoms with E-state index in [0.29, 0.717) is 29.5 Å².